The van der Waals surface area contributed by atoms with E-state index in [0.29, 0.717) is 17.6 Å². The zero-order valence-corrected chi connectivity index (χ0v) is 8.70. The molecule has 0 radical (unpaired) electrons. The number of nitrogens with zero attached hydrogens (tertiary/aromatic N) is 4. The van der Waals surface area contributed by atoms with Crippen LogP contribution in [0.4, 0.5) is 0 Å². The minimum absolute atomic E-state index is 0.196. The van der Waals surface area contributed by atoms with E-state index in [1.54, 1.807) is 17.1 Å². The van der Waals surface area contributed by atoms with Gasteiger partial charge in [-0.3, -0.25) is 9.48 Å². The summed E-state index contributed by atoms with van der Waals surface area (Å²) in [6.07, 6.45) is 6.82. The molecule has 16 heavy (non-hydrogen) atoms. The summed E-state index contributed by atoms with van der Waals surface area (Å²) in [5.74, 6) is 0.570. The molecule has 0 unspecified atom stereocenters. The van der Waals surface area contributed by atoms with Crippen LogP contribution in [-0.2, 0) is 6.54 Å². The average molecular weight is 218 g/mol. The molecule has 0 aliphatic heterocycles. The van der Waals surface area contributed by atoms with Gasteiger partial charge in [0.05, 0.1) is 18.0 Å². The van der Waals surface area contributed by atoms with Crippen molar-refractivity contribution in [2.75, 3.05) is 0 Å². The highest BCUT2D eigenvalue weighted by Gasteiger charge is 2.02. The van der Waals surface area contributed by atoms with Crippen LogP contribution in [0.2, 0.25) is 0 Å². The van der Waals surface area contributed by atoms with Crippen molar-refractivity contribution in [1.29, 1.82) is 0 Å². The Morgan fingerprint density at radius 2 is 2.12 bits per heavy atom. The number of ether oxygens (including phenoxy) is 1. The minimum atomic E-state index is 0.196. The van der Waals surface area contributed by atoms with E-state index in [0.717, 1.165) is 6.54 Å². The lowest BCUT2D eigenvalue weighted by Gasteiger charge is -1.99. The summed E-state index contributed by atoms with van der Waals surface area (Å²) in [4.78, 5) is 18.1. The van der Waals surface area contributed by atoms with Crippen LogP contribution >= 0.6 is 0 Å². The van der Waals surface area contributed by atoms with E-state index in [1.165, 1.54) is 12.4 Å². The van der Waals surface area contributed by atoms with Crippen molar-refractivity contribution in [2.24, 2.45) is 0 Å². The Morgan fingerprint density at radius 3 is 2.69 bits per heavy atom. The van der Waals surface area contributed by atoms with Crippen molar-refractivity contribution in [3.8, 4) is 11.8 Å². The highest BCUT2D eigenvalue weighted by atomic mass is 16.5. The number of rotatable bonds is 4. The van der Waals surface area contributed by atoms with Crippen LogP contribution in [0.3, 0.4) is 0 Å². The normalized spacial score (nSPS) is 10.1. The van der Waals surface area contributed by atoms with Crippen LogP contribution in [0.25, 0.3) is 0 Å². The van der Waals surface area contributed by atoms with E-state index in [1.807, 2.05) is 6.92 Å². The van der Waals surface area contributed by atoms with Gasteiger partial charge in [0.15, 0.2) is 12.0 Å². The Hall–Kier alpha value is -2.24. The van der Waals surface area contributed by atoms with E-state index in [-0.39, 0.29) is 6.01 Å². The van der Waals surface area contributed by atoms with Crippen LogP contribution in [0, 0.1) is 0 Å². The molecule has 82 valence electrons. The van der Waals surface area contributed by atoms with Crippen LogP contribution in [0.15, 0.2) is 24.8 Å². The average Bonchev–Trinajstić information content (AvgIpc) is 2.78. The van der Waals surface area contributed by atoms with Gasteiger partial charge in [0.25, 0.3) is 0 Å². The van der Waals surface area contributed by atoms with Gasteiger partial charge in [0, 0.05) is 18.9 Å². The number of hydrogen-bond donors (Lipinski definition) is 0. The van der Waals surface area contributed by atoms with Crippen molar-refractivity contribution in [3.63, 3.8) is 0 Å². The molecule has 2 rings (SSSR count). The van der Waals surface area contributed by atoms with Gasteiger partial charge in [-0.15, -0.1) is 0 Å². The fraction of sp³-hybridized carbons (Fsp3) is 0.200. The molecular formula is C10H10N4O2. The predicted octanol–water partition coefficient (Wildman–Crippen LogP) is 1.30. The van der Waals surface area contributed by atoms with E-state index in [9.17, 15) is 4.79 Å². The summed E-state index contributed by atoms with van der Waals surface area (Å²) in [7, 11) is 0. The lowest BCUT2D eigenvalue weighted by atomic mass is 10.4. The second-order valence-electron chi connectivity index (χ2n) is 3.05. The van der Waals surface area contributed by atoms with E-state index >= 15 is 0 Å². The summed E-state index contributed by atoms with van der Waals surface area (Å²) in [6, 6.07) is 0.196. The molecule has 0 aliphatic rings. The van der Waals surface area contributed by atoms with Crippen molar-refractivity contribution in [1.82, 2.24) is 19.7 Å². The Bertz CT molecular complexity index is 478. The topological polar surface area (TPSA) is 69.9 Å². The Balaban J connectivity index is 2.10. The maximum atomic E-state index is 10.4. The number of hydrogen-bond acceptors (Lipinski definition) is 5. The molecule has 0 saturated carbocycles. The highest BCUT2D eigenvalue weighted by molar-refractivity contribution is 5.73. The largest absolute Gasteiger partial charge is 0.421 e. The SMILES string of the molecule is CCn1cc(Oc2ncc(C=O)cn2)cn1. The van der Waals surface area contributed by atoms with Gasteiger partial charge >= 0.3 is 6.01 Å². The summed E-state index contributed by atoms with van der Waals surface area (Å²) in [5.41, 5.74) is 0.414. The first-order valence-corrected chi connectivity index (χ1v) is 4.79. The lowest BCUT2D eigenvalue weighted by molar-refractivity contribution is 0.112. The maximum Gasteiger partial charge on any atom is 0.322 e. The van der Waals surface area contributed by atoms with Crippen LogP contribution < -0.4 is 4.74 Å². The molecule has 2 heterocycles. The smallest absolute Gasteiger partial charge is 0.322 e. The Kier molecular flexibility index (Phi) is 2.90. The first kappa shape index (κ1) is 10.3. The maximum absolute atomic E-state index is 10.4. The predicted molar refractivity (Wildman–Crippen MR) is 55.4 cm³/mol. The van der Waals surface area contributed by atoms with E-state index < -0.39 is 0 Å². The molecule has 0 fully saturated rings. The van der Waals surface area contributed by atoms with Gasteiger partial charge in [0.1, 0.15) is 0 Å². The van der Waals surface area contributed by atoms with Crippen LogP contribution in [-0.4, -0.2) is 26.0 Å². The van der Waals surface area contributed by atoms with Crippen molar-refractivity contribution >= 4 is 6.29 Å². The zero-order chi connectivity index (χ0) is 11.4. The van der Waals surface area contributed by atoms with Gasteiger partial charge in [-0.2, -0.15) is 5.10 Å². The van der Waals surface area contributed by atoms with Crippen LogP contribution in [0.1, 0.15) is 17.3 Å². The molecule has 0 aromatic carbocycles. The quantitative estimate of drug-likeness (QED) is 0.723. The summed E-state index contributed by atoms with van der Waals surface area (Å²) >= 11 is 0. The Labute approximate surface area is 91.9 Å². The number of aryl methyl sites for hydroxylation is 1. The van der Waals surface area contributed by atoms with Crippen molar-refractivity contribution in [2.45, 2.75) is 13.5 Å². The molecule has 0 N–H and O–H groups in total. The first-order chi connectivity index (χ1) is 7.81. The number of carbonyl (C=O) groups excluding carboxylic acids is 1. The van der Waals surface area contributed by atoms with Crippen LogP contribution in [0.5, 0.6) is 11.8 Å². The second-order valence-corrected chi connectivity index (χ2v) is 3.05. The molecule has 0 spiro atoms. The molecular weight excluding hydrogens is 208 g/mol. The van der Waals surface area contributed by atoms with E-state index in [4.69, 9.17) is 4.74 Å². The van der Waals surface area contributed by atoms with E-state index in [2.05, 4.69) is 15.1 Å². The highest BCUT2D eigenvalue weighted by Crippen LogP contribution is 2.15. The van der Waals surface area contributed by atoms with Gasteiger partial charge in [-0.1, -0.05) is 0 Å². The fourth-order valence-corrected chi connectivity index (χ4v) is 1.12. The third kappa shape index (κ3) is 2.22. The third-order valence-electron chi connectivity index (χ3n) is 1.93. The fourth-order valence-electron chi connectivity index (χ4n) is 1.12. The van der Waals surface area contributed by atoms with Crippen molar-refractivity contribution in [3.05, 3.63) is 30.4 Å². The first-order valence-electron chi connectivity index (χ1n) is 4.79. The Morgan fingerprint density at radius 1 is 1.38 bits per heavy atom. The molecule has 0 saturated heterocycles. The third-order valence-corrected chi connectivity index (χ3v) is 1.93. The van der Waals surface area contributed by atoms with Gasteiger partial charge in [-0.05, 0) is 6.92 Å². The van der Waals surface area contributed by atoms with Gasteiger partial charge in [0.2, 0.25) is 0 Å². The standard InChI is InChI=1S/C10H10N4O2/c1-2-14-6-9(5-13-14)16-10-11-3-8(7-15)4-12-10/h3-7H,2H2,1H3. The number of aldehydes is 1. The van der Waals surface area contributed by atoms with Gasteiger partial charge < -0.3 is 4.74 Å². The molecule has 2 aromatic rings. The summed E-state index contributed by atoms with van der Waals surface area (Å²) in [5, 5.41) is 4.04. The summed E-state index contributed by atoms with van der Waals surface area (Å²) in [6.45, 7) is 2.75. The molecule has 0 atom stereocenters. The lowest BCUT2D eigenvalue weighted by Crippen LogP contribution is -1.93. The number of carbonyl (C=O) groups is 1. The monoisotopic (exact) mass is 218 g/mol. The molecule has 6 heteroatoms. The minimum Gasteiger partial charge on any atom is -0.421 e. The molecule has 0 amide bonds. The molecule has 2 aromatic heterocycles. The number of aromatic nitrogens is 4. The summed E-state index contributed by atoms with van der Waals surface area (Å²) < 4.78 is 7.07. The zero-order valence-electron chi connectivity index (χ0n) is 8.70. The molecule has 0 bridgehead atoms. The second kappa shape index (κ2) is 4.52. The van der Waals surface area contributed by atoms with Crippen molar-refractivity contribution < 1.29 is 9.53 Å². The van der Waals surface area contributed by atoms with Gasteiger partial charge in [-0.25, -0.2) is 9.97 Å². The molecule has 6 nitrogen and oxygen atoms in total. The molecule has 0 aliphatic carbocycles.